The van der Waals surface area contributed by atoms with E-state index in [0.717, 1.165) is 6.54 Å². The summed E-state index contributed by atoms with van der Waals surface area (Å²) in [7, 11) is 0. The predicted octanol–water partition coefficient (Wildman–Crippen LogP) is 0.742. The van der Waals surface area contributed by atoms with E-state index in [-0.39, 0.29) is 5.82 Å². The molecule has 1 heterocycles. The van der Waals surface area contributed by atoms with E-state index in [0.29, 0.717) is 0 Å². The molecule has 0 spiro atoms. The number of halogens is 1. The Hall–Kier alpha value is -1.71. The molecule has 1 aliphatic rings. The summed E-state index contributed by atoms with van der Waals surface area (Å²) in [5.41, 5.74) is 2.70. The van der Waals surface area contributed by atoms with Gasteiger partial charge in [0.1, 0.15) is 38.5 Å². The lowest BCUT2D eigenvalue weighted by Gasteiger charge is -2.29. The monoisotopic (exact) mass is 314 g/mol. The van der Waals surface area contributed by atoms with Crippen LogP contribution in [0.2, 0.25) is 0 Å². The molecule has 0 aromatic heterocycles. The maximum absolute atomic E-state index is 12.9. The molecule has 0 atom stereocenters. The second-order valence-corrected chi connectivity index (χ2v) is 6.64. The minimum Gasteiger partial charge on any atom is -0.326 e. The highest BCUT2D eigenvalue weighted by molar-refractivity contribution is 5.15. The fraction of sp³-hybridized carbons (Fsp3) is 0.400. The van der Waals surface area contributed by atoms with Crippen LogP contribution < -0.4 is 9.80 Å². The van der Waals surface area contributed by atoms with E-state index in [1.165, 1.54) is 56.7 Å². The zero-order valence-corrected chi connectivity index (χ0v) is 13.7. The summed E-state index contributed by atoms with van der Waals surface area (Å²) in [5, 5.41) is 0. The van der Waals surface area contributed by atoms with Crippen LogP contribution in [0, 0.1) is 5.82 Å². The quantitative estimate of drug-likeness (QED) is 0.778. The molecule has 3 heteroatoms. The fourth-order valence-electron chi connectivity index (χ4n) is 3.46. The molecule has 3 rings (SSSR count). The number of piperazine rings is 1. The van der Waals surface area contributed by atoms with Crippen molar-refractivity contribution in [2.24, 2.45) is 0 Å². The summed E-state index contributed by atoms with van der Waals surface area (Å²) in [6, 6.07) is 17.8. The second-order valence-electron chi connectivity index (χ2n) is 6.64. The van der Waals surface area contributed by atoms with E-state index in [9.17, 15) is 4.39 Å². The van der Waals surface area contributed by atoms with Crippen LogP contribution in [0.25, 0.3) is 0 Å². The first-order chi connectivity index (χ1) is 11.3. The summed E-state index contributed by atoms with van der Waals surface area (Å²) >= 11 is 0. The molecule has 0 saturated carbocycles. The minimum atomic E-state index is -0.142. The molecule has 1 saturated heterocycles. The van der Waals surface area contributed by atoms with E-state index in [4.69, 9.17) is 0 Å². The molecular weight excluding hydrogens is 287 g/mol. The zero-order chi connectivity index (χ0) is 15.9. The highest BCUT2D eigenvalue weighted by Crippen LogP contribution is 2.01. The molecule has 0 aliphatic carbocycles. The second kappa shape index (κ2) is 8.23. The number of benzene rings is 2. The normalized spacial score (nSPS) is 21.3. The lowest BCUT2D eigenvalue weighted by atomic mass is 10.1. The van der Waals surface area contributed by atoms with Crippen molar-refractivity contribution in [3.05, 3.63) is 71.5 Å². The maximum atomic E-state index is 12.9. The highest BCUT2D eigenvalue weighted by atomic mass is 19.1. The Bertz CT molecular complexity index is 574. The van der Waals surface area contributed by atoms with Crippen molar-refractivity contribution in [2.45, 2.75) is 19.4 Å². The van der Waals surface area contributed by atoms with Crippen LogP contribution in [0.3, 0.4) is 0 Å². The lowest BCUT2D eigenvalue weighted by Crippen LogP contribution is -3.27. The van der Waals surface area contributed by atoms with Crippen LogP contribution in [-0.4, -0.2) is 32.7 Å². The molecule has 23 heavy (non-hydrogen) atoms. The van der Waals surface area contributed by atoms with Gasteiger partial charge in [-0.15, -0.1) is 0 Å². The molecular formula is C20H27FN2+2. The average molecular weight is 314 g/mol. The molecule has 2 nitrogen and oxygen atoms in total. The van der Waals surface area contributed by atoms with Gasteiger partial charge in [0.25, 0.3) is 0 Å². The summed E-state index contributed by atoms with van der Waals surface area (Å²) in [4.78, 5) is 3.37. The van der Waals surface area contributed by atoms with Crippen molar-refractivity contribution in [3.8, 4) is 0 Å². The van der Waals surface area contributed by atoms with E-state index >= 15 is 0 Å². The van der Waals surface area contributed by atoms with E-state index in [1.807, 2.05) is 12.1 Å². The molecule has 2 aromatic rings. The third kappa shape index (κ3) is 5.15. The number of rotatable bonds is 6. The van der Waals surface area contributed by atoms with Gasteiger partial charge in [-0.1, -0.05) is 42.5 Å². The Labute approximate surface area is 138 Å². The van der Waals surface area contributed by atoms with E-state index in [2.05, 4.69) is 30.3 Å². The van der Waals surface area contributed by atoms with Gasteiger partial charge in [0.15, 0.2) is 0 Å². The molecule has 122 valence electrons. The first-order valence-corrected chi connectivity index (χ1v) is 8.75. The topological polar surface area (TPSA) is 8.88 Å². The number of nitrogens with one attached hydrogen (secondary N) is 2. The molecule has 0 bridgehead atoms. The van der Waals surface area contributed by atoms with Crippen molar-refractivity contribution in [1.29, 1.82) is 0 Å². The lowest BCUT2D eigenvalue weighted by molar-refractivity contribution is -1.02. The number of hydrogen-bond acceptors (Lipinski definition) is 0. The molecule has 0 amide bonds. The van der Waals surface area contributed by atoms with Gasteiger partial charge in [0.2, 0.25) is 0 Å². The zero-order valence-electron chi connectivity index (χ0n) is 13.7. The fourth-order valence-corrected chi connectivity index (χ4v) is 3.46. The van der Waals surface area contributed by atoms with Crippen LogP contribution in [-0.2, 0) is 13.0 Å². The van der Waals surface area contributed by atoms with Gasteiger partial charge >= 0.3 is 0 Å². The molecule has 0 unspecified atom stereocenters. The largest absolute Gasteiger partial charge is 0.326 e. The van der Waals surface area contributed by atoms with E-state index in [1.54, 1.807) is 21.9 Å². The highest BCUT2D eigenvalue weighted by Gasteiger charge is 2.22. The van der Waals surface area contributed by atoms with Crippen molar-refractivity contribution >= 4 is 0 Å². The van der Waals surface area contributed by atoms with Crippen molar-refractivity contribution < 1.29 is 14.2 Å². The maximum Gasteiger partial charge on any atom is 0.127 e. The standard InChI is InChI=1S/C20H25FN2/c21-20-10-8-19(9-11-20)17-23-15-13-22(14-16-23)12-4-7-18-5-2-1-3-6-18/h1-3,5-6,8-11H,4,7,12-17H2/p+2. The Kier molecular flexibility index (Phi) is 5.78. The summed E-state index contributed by atoms with van der Waals surface area (Å²) in [6.07, 6.45) is 2.46. The summed E-state index contributed by atoms with van der Waals surface area (Å²) in [5.74, 6) is -0.142. The number of quaternary nitrogens is 2. The van der Waals surface area contributed by atoms with Gasteiger partial charge in [-0.05, 0) is 24.1 Å². The molecule has 0 radical (unpaired) electrons. The third-order valence-electron chi connectivity index (χ3n) is 4.87. The molecule has 2 aromatic carbocycles. The van der Waals surface area contributed by atoms with Crippen LogP contribution in [0.15, 0.2) is 54.6 Å². The summed E-state index contributed by atoms with van der Waals surface area (Å²) in [6.45, 7) is 7.25. The smallest absolute Gasteiger partial charge is 0.127 e. The van der Waals surface area contributed by atoms with Crippen LogP contribution in [0.4, 0.5) is 4.39 Å². The Balaban J connectivity index is 1.36. The molecule has 1 aliphatic heterocycles. The third-order valence-corrected chi connectivity index (χ3v) is 4.87. The van der Waals surface area contributed by atoms with Gasteiger partial charge < -0.3 is 9.80 Å². The van der Waals surface area contributed by atoms with Gasteiger partial charge in [0, 0.05) is 12.0 Å². The number of hydrogen-bond donors (Lipinski definition) is 2. The first-order valence-electron chi connectivity index (χ1n) is 8.75. The predicted molar refractivity (Wildman–Crippen MR) is 91.1 cm³/mol. The van der Waals surface area contributed by atoms with Crippen molar-refractivity contribution in [2.75, 3.05) is 32.7 Å². The summed E-state index contributed by atoms with van der Waals surface area (Å²) < 4.78 is 12.9. The van der Waals surface area contributed by atoms with Gasteiger partial charge in [-0.25, -0.2) is 4.39 Å². The minimum absolute atomic E-state index is 0.142. The van der Waals surface area contributed by atoms with Crippen LogP contribution in [0.1, 0.15) is 17.5 Å². The van der Waals surface area contributed by atoms with Crippen LogP contribution in [0.5, 0.6) is 0 Å². The van der Waals surface area contributed by atoms with Crippen molar-refractivity contribution in [3.63, 3.8) is 0 Å². The molecule has 2 N–H and O–H groups in total. The van der Waals surface area contributed by atoms with Gasteiger partial charge in [0.05, 0.1) is 6.54 Å². The Morgan fingerprint density at radius 2 is 1.39 bits per heavy atom. The average Bonchev–Trinajstić information content (AvgIpc) is 2.59. The molecule has 1 fully saturated rings. The van der Waals surface area contributed by atoms with E-state index < -0.39 is 0 Å². The SMILES string of the molecule is Fc1ccc(C[NH+]2CC[NH+](CCCc3ccccc3)CC2)cc1. The number of aryl methyl sites for hydroxylation is 1. The van der Waals surface area contributed by atoms with Gasteiger partial charge in [-0.3, -0.25) is 0 Å². The van der Waals surface area contributed by atoms with Crippen molar-refractivity contribution in [1.82, 2.24) is 0 Å². The Morgan fingerprint density at radius 1 is 0.739 bits per heavy atom. The first kappa shape index (κ1) is 16.2. The van der Waals surface area contributed by atoms with Gasteiger partial charge in [-0.2, -0.15) is 0 Å². The Morgan fingerprint density at radius 3 is 2.09 bits per heavy atom. The van der Waals surface area contributed by atoms with Crippen LogP contribution >= 0.6 is 0 Å².